The third-order valence-corrected chi connectivity index (χ3v) is 7.21. The molecule has 6 aromatic rings. The summed E-state index contributed by atoms with van der Waals surface area (Å²) in [5.41, 5.74) is 4.90. The molecule has 4 heterocycles. The summed E-state index contributed by atoms with van der Waals surface area (Å²) in [5.74, 6) is -0.698. The predicted octanol–water partition coefficient (Wildman–Crippen LogP) is 5.18. The maximum Gasteiger partial charge on any atom is 0.298 e. The van der Waals surface area contributed by atoms with Crippen molar-refractivity contribution in [3.8, 4) is 33.9 Å². The average Bonchev–Trinajstić information content (AvgIpc) is 3.67. The van der Waals surface area contributed by atoms with E-state index in [0.29, 0.717) is 38.4 Å². The summed E-state index contributed by atoms with van der Waals surface area (Å²) in [5, 5.41) is 8.55. The van der Waals surface area contributed by atoms with E-state index in [2.05, 4.69) is 26.1 Å². The van der Waals surface area contributed by atoms with Gasteiger partial charge in [0, 0.05) is 29.6 Å². The summed E-state index contributed by atoms with van der Waals surface area (Å²) in [4.78, 5) is 34.8. The number of halogens is 3. The molecule has 6 rings (SSSR count). The number of nitrogens with zero attached hydrogens (tertiary/aromatic N) is 6. The second-order valence-electron chi connectivity index (χ2n) is 9.83. The first kappa shape index (κ1) is 31.1. The monoisotopic (exact) mass is 676 g/mol. The van der Waals surface area contributed by atoms with Crippen molar-refractivity contribution in [3.63, 3.8) is 0 Å². The minimum absolute atomic E-state index is 0.311. The van der Waals surface area contributed by atoms with Gasteiger partial charge in [0.2, 0.25) is 0 Å². The molecule has 0 aliphatic heterocycles. The lowest BCUT2D eigenvalue weighted by Crippen LogP contribution is -2.28. The molecule has 0 bridgehead atoms. The Morgan fingerprint density at radius 1 is 0.667 bits per heavy atom. The van der Waals surface area contributed by atoms with Crippen LogP contribution < -0.4 is 20.8 Å². The van der Waals surface area contributed by atoms with E-state index < -0.39 is 0 Å². The van der Waals surface area contributed by atoms with Crippen LogP contribution in [0.5, 0.6) is 0 Å². The Kier molecular flexibility index (Phi) is 9.09. The Morgan fingerprint density at radius 2 is 1.13 bits per heavy atom. The number of pyridine rings is 2. The van der Waals surface area contributed by atoms with Crippen LogP contribution in [-0.2, 0) is 0 Å². The molecule has 0 unspecified atom stereocenters. The highest BCUT2D eigenvalue weighted by Crippen LogP contribution is 2.28. The predicted molar refractivity (Wildman–Crippen MR) is 169 cm³/mol. The van der Waals surface area contributed by atoms with Crippen LogP contribution in [0.25, 0.3) is 33.9 Å². The molecule has 230 valence electrons. The van der Waals surface area contributed by atoms with E-state index in [4.69, 9.17) is 9.68 Å². The molecule has 0 amide bonds. The first-order valence-electron chi connectivity index (χ1n) is 13.5. The van der Waals surface area contributed by atoms with E-state index in [0.717, 1.165) is 15.9 Å². The van der Waals surface area contributed by atoms with Gasteiger partial charge in [-0.1, -0.05) is 0 Å². The van der Waals surface area contributed by atoms with Crippen LogP contribution in [0.15, 0.2) is 106 Å². The smallest absolute Gasteiger partial charge is 0.298 e. The molecular weight excluding hydrogens is 650 g/mol. The number of aromatic nitrogens is 6. The zero-order valence-corrected chi connectivity index (χ0v) is 26.2. The van der Waals surface area contributed by atoms with Gasteiger partial charge in [0.15, 0.2) is 0 Å². The Hall–Kier alpha value is -5.30. The molecule has 0 saturated carbocycles. The lowest BCUT2D eigenvalue weighted by molar-refractivity contribution is 0.160. The van der Waals surface area contributed by atoms with Crippen molar-refractivity contribution in [1.29, 1.82) is 0 Å². The van der Waals surface area contributed by atoms with Crippen molar-refractivity contribution in [2.24, 2.45) is 0 Å². The SMILES string of the molecule is COn1c(-c2ccc(F)cc2)c(-n2cc(C)cn2)cc(Br)c1=O.COn1c(-c2ccc(F)cc2)c(-n2cc(C)cn2)ccc1=O. The van der Waals surface area contributed by atoms with Crippen LogP contribution in [0, 0.1) is 25.5 Å². The molecule has 0 radical (unpaired) electrons. The largest absolute Gasteiger partial charge is 0.413 e. The highest BCUT2D eigenvalue weighted by Gasteiger charge is 2.19. The third-order valence-electron chi connectivity index (χ3n) is 6.65. The van der Waals surface area contributed by atoms with Crippen LogP contribution in [0.3, 0.4) is 0 Å². The topological polar surface area (TPSA) is 98.1 Å². The van der Waals surface area contributed by atoms with E-state index in [1.165, 1.54) is 49.3 Å². The maximum absolute atomic E-state index is 13.2. The van der Waals surface area contributed by atoms with Crippen LogP contribution in [0.2, 0.25) is 0 Å². The van der Waals surface area contributed by atoms with Crippen LogP contribution in [0.1, 0.15) is 11.1 Å². The lowest BCUT2D eigenvalue weighted by Gasteiger charge is -2.16. The molecule has 0 spiro atoms. The fraction of sp³-hybridized carbons (Fsp3) is 0.125. The molecule has 0 aliphatic carbocycles. The summed E-state index contributed by atoms with van der Waals surface area (Å²) in [6.07, 6.45) is 7.10. The van der Waals surface area contributed by atoms with E-state index >= 15 is 0 Å². The third kappa shape index (κ3) is 6.48. The Labute approximate surface area is 264 Å². The van der Waals surface area contributed by atoms with Crippen LogP contribution in [0.4, 0.5) is 8.78 Å². The molecular formula is C32H27BrF2N6O4. The highest BCUT2D eigenvalue weighted by atomic mass is 79.9. The molecule has 0 fully saturated rings. The number of benzene rings is 2. The fourth-order valence-corrected chi connectivity index (χ4v) is 4.99. The molecule has 0 atom stereocenters. The zero-order chi connectivity index (χ0) is 32.2. The van der Waals surface area contributed by atoms with Gasteiger partial charge in [-0.25, -0.2) is 18.1 Å². The number of aryl methyl sites for hydroxylation is 2. The van der Waals surface area contributed by atoms with Gasteiger partial charge < -0.3 is 9.68 Å². The summed E-state index contributed by atoms with van der Waals surface area (Å²) in [6, 6.07) is 16.5. The van der Waals surface area contributed by atoms with Crippen molar-refractivity contribution in [2.45, 2.75) is 13.8 Å². The number of hydrogen-bond acceptors (Lipinski definition) is 6. The normalized spacial score (nSPS) is 10.7. The highest BCUT2D eigenvalue weighted by molar-refractivity contribution is 9.10. The van der Waals surface area contributed by atoms with Gasteiger partial charge in [0.25, 0.3) is 11.1 Å². The van der Waals surface area contributed by atoms with Crippen LogP contribution >= 0.6 is 15.9 Å². The molecule has 10 nitrogen and oxygen atoms in total. The Morgan fingerprint density at radius 3 is 1.58 bits per heavy atom. The number of hydrogen-bond donors (Lipinski definition) is 0. The first-order chi connectivity index (χ1) is 21.6. The second-order valence-corrected chi connectivity index (χ2v) is 10.7. The molecule has 0 N–H and O–H groups in total. The maximum atomic E-state index is 13.2. The van der Waals surface area contributed by atoms with Gasteiger partial charge >= 0.3 is 0 Å². The first-order valence-corrected chi connectivity index (χ1v) is 14.3. The van der Waals surface area contributed by atoms with Crippen LogP contribution in [-0.4, -0.2) is 43.2 Å². The fourth-order valence-electron chi connectivity index (χ4n) is 4.61. The summed E-state index contributed by atoms with van der Waals surface area (Å²) < 4.78 is 32.4. The molecule has 0 aliphatic rings. The average molecular weight is 678 g/mol. The molecule has 45 heavy (non-hydrogen) atoms. The molecule has 0 saturated heterocycles. The second kappa shape index (κ2) is 13.1. The summed E-state index contributed by atoms with van der Waals surface area (Å²) >= 11 is 3.25. The standard InChI is InChI=1S/C16H13BrFN3O2.C16H14FN3O2/c1-10-8-19-20(9-10)14-7-13(17)16(22)21(23-2)15(14)11-3-5-12(18)6-4-11;1-11-9-18-19(10-11)14-7-8-15(21)20(22-2)16(14)12-3-5-13(17)6-4-12/h3-9H,1-2H3;3-10H,1-2H3. The molecule has 13 heteroatoms. The quantitative estimate of drug-likeness (QED) is 0.241. The van der Waals surface area contributed by atoms with Crippen molar-refractivity contribution < 1.29 is 18.5 Å². The van der Waals surface area contributed by atoms with Gasteiger partial charge in [-0.2, -0.15) is 10.2 Å². The lowest BCUT2D eigenvalue weighted by atomic mass is 10.1. The van der Waals surface area contributed by atoms with Crippen molar-refractivity contribution in [3.05, 3.63) is 139 Å². The van der Waals surface area contributed by atoms with E-state index in [1.807, 2.05) is 26.2 Å². The van der Waals surface area contributed by atoms with E-state index in [9.17, 15) is 18.4 Å². The Bertz CT molecular complexity index is 2080. The zero-order valence-electron chi connectivity index (χ0n) is 24.6. The summed E-state index contributed by atoms with van der Waals surface area (Å²) in [6.45, 7) is 3.84. The Balaban J connectivity index is 0.000000178. The van der Waals surface area contributed by atoms with Crippen molar-refractivity contribution in [1.82, 2.24) is 29.0 Å². The molecule has 2 aromatic carbocycles. The van der Waals surface area contributed by atoms with Gasteiger partial charge in [-0.15, -0.1) is 9.46 Å². The number of rotatable bonds is 6. The van der Waals surface area contributed by atoms with E-state index in [1.54, 1.807) is 58.2 Å². The van der Waals surface area contributed by atoms with Gasteiger partial charge in [0.1, 0.15) is 37.2 Å². The molecule has 4 aromatic heterocycles. The van der Waals surface area contributed by atoms with Gasteiger partial charge in [-0.05, 0) is 102 Å². The van der Waals surface area contributed by atoms with E-state index in [-0.39, 0.29) is 22.8 Å². The summed E-state index contributed by atoms with van der Waals surface area (Å²) in [7, 11) is 2.81. The van der Waals surface area contributed by atoms with Crippen molar-refractivity contribution >= 4 is 15.9 Å². The van der Waals surface area contributed by atoms with Gasteiger partial charge in [0.05, 0.1) is 28.2 Å². The van der Waals surface area contributed by atoms with Crippen molar-refractivity contribution in [2.75, 3.05) is 14.2 Å². The minimum atomic E-state index is -0.353. The minimum Gasteiger partial charge on any atom is -0.413 e. The van der Waals surface area contributed by atoms with Gasteiger partial charge in [-0.3, -0.25) is 9.59 Å².